The van der Waals surface area contributed by atoms with Crippen molar-refractivity contribution in [2.75, 3.05) is 13.6 Å². The number of carbonyl (C=O) groups is 1. The lowest BCUT2D eigenvalue weighted by Crippen LogP contribution is -2.48. The van der Waals surface area contributed by atoms with Gasteiger partial charge in [0.25, 0.3) is 0 Å². The number of rotatable bonds is 4. The molecule has 0 saturated carbocycles. The monoisotopic (exact) mass is 217 g/mol. The predicted octanol–water partition coefficient (Wildman–Crippen LogP) is 0.241. The predicted molar refractivity (Wildman–Crippen MR) is 62.1 cm³/mol. The van der Waals surface area contributed by atoms with E-state index in [-0.39, 0.29) is 11.9 Å². The minimum absolute atomic E-state index is 0.0707. The fourth-order valence-electron chi connectivity index (χ4n) is 0.827. The summed E-state index contributed by atoms with van der Waals surface area (Å²) < 4.78 is 0. The number of carbonyl (C=O) groups excluding carboxylic acids is 1. The van der Waals surface area contributed by atoms with Crippen LogP contribution in [0.5, 0.6) is 0 Å². The van der Waals surface area contributed by atoms with Gasteiger partial charge in [-0.15, -0.1) is 0 Å². The highest BCUT2D eigenvalue weighted by Crippen LogP contribution is 1.87. The van der Waals surface area contributed by atoms with Crippen LogP contribution < -0.4 is 16.0 Å². The third kappa shape index (κ3) is 5.75. The van der Waals surface area contributed by atoms with Crippen LogP contribution in [0.4, 0.5) is 0 Å². The van der Waals surface area contributed by atoms with Crippen molar-refractivity contribution in [1.29, 1.82) is 0 Å². The number of thiocarbonyl (C=S) groups is 1. The maximum Gasteiger partial charge on any atom is 0.242 e. The van der Waals surface area contributed by atoms with Gasteiger partial charge in [-0.3, -0.25) is 4.79 Å². The molecular formula is C9H19N3OS. The molecule has 1 atom stereocenters. The highest BCUT2D eigenvalue weighted by molar-refractivity contribution is 7.80. The van der Waals surface area contributed by atoms with E-state index in [0.29, 0.717) is 11.0 Å². The summed E-state index contributed by atoms with van der Waals surface area (Å²) in [5.74, 6) is 0.462. The summed E-state index contributed by atoms with van der Waals surface area (Å²) >= 11 is 5.01. The van der Waals surface area contributed by atoms with Crippen molar-refractivity contribution in [3.63, 3.8) is 0 Å². The zero-order chi connectivity index (χ0) is 11.1. The molecule has 0 spiro atoms. The summed E-state index contributed by atoms with van der Waals surface area (Å²) in [5, 5.41) is 9.00. The first-order valence-corrected chi connectivity index (χ1v) is 5.14. The summed E-state index contributed by atoms with van der Waals surface area (Å²) in [7, 11) is 1.60. The Bertz CT molecular complexity index is 206. The molecule has 0 aliphatic carbocycles. The van der Waals surface area contributed by atoms with Crippen LogP contribution in [0.25, 0.3) is 0 Å². The number of likely N-dealkylation sites (N-methyl/N-ethyl adjacent to an activating group) is 1. The molecule has 1 unspecified atom stereocenters. The Hall–Kier alpha value is -0.840. The molecular weight excluding hydrogens is 198 g/mol. The molecule has 0 radical (unpaired) electrons. The Morgan fingerprint density at radius 2 is 1.93 bits per heavy atom. The highest BCUT2D eigenvalue weighted by atomic mass is 32.1. The van der Waals surface area contributed by atoms with E-state index in [9.17, 15) is 4.79 Å². The molecule has 4 nitrogen and oxygen atoms in total. The molecule has 0 aromatic heterocycles. The maximum atomic E-state index is 11.1. The summed E-state index contributed by atoms with van der Waals surface area (Å²) in [6.07, 6.45) is 0. The van der Waals surface area contributed by atoms with Gasteiger partial charge in [-0.2, -0.15) is 0 Å². The van der Waals surface area contributed by atoms with Gasteiger partial charge in [-0.1, -0.05) is 13.8 Å². The van der Waals surface area contributed by atoms with Crippen molar-refractivity contribution < 1.29 is 4.79 Å². The second-order valence-corrected chi connectivity index (χ2v) is 3.99. The number of amides is 1. The topological polar surface area (TPSA) is 53.2 Å². The molecule has 5 heteroatoms. The van der Waals surface area contributed by atoms with Gasteiger partial charge < -0.3 is 16.0 Å². The Kier molecular flexibility index (Phi) is 6.19. The Morgan fingerprint density at radius 1 is 1.36 bits per heavy atom. The normalized spacial score (nSPS) is 12.1. The SMILES string of the molecule is CNC(=O)C(C)NC(=S)NCC(C)C. The Balaban J connectivity index is 3.77. The summed E-state index contributed by atoms with van der Waals surface area (Å²) in [6.45, 7) is 6.77. The van der Waals surface area contributed by atoms with Crippen LogP contribution in [0.15, 0.2) is 0 Å². The van der Waals surface area contributed by atoms with Crippen molar-refractivity contribution in [3.8, 4) is 0 Å². The van der Waals surface area contributed by atoms with Crippen LogP contribution >= 0.6 is 12.2 Å². The fraction of sp³-hybridized carbons (Fsp3) is 0.778. The van der Waals surface area contributed by atoms with Gasteiger partial charge in [0, 0.05) is 13.6 Å². The van der Waals surface area contributed by atoms with E-state index in [1.54, 1.807) is 14.0 Å². The molecule has 14 heavy (non-hydrogen) atoms. The number of hydrogen-bond donors (Lipinski definition) is 3. The molecule has 0 saturated heterocycles. The molecule has 0 fully saturated rings. The molecule has 0 bridgehead atoms. The summed E-state index contributed by atoms with van der Waals surface area (Å²) in [5.41, 5.74) is 0. The average molecular weight is 217 g/mol. The van der Waals surface area contributed by atoms with Crippen molar-refractivity contribution in [3.05, 3.63) is 0 Å². The third-order valence-electron chi connectivity index (χ3n) is 1.66. The minimum Gasteiger partial charge on any atom is -0.362 e. The van der Waals surface area contributed by atoms with Crippen LogP contribution in [-0.4, -0.2) is 30.7 Å². The maximum absolute atomic E-state index is 11.1. The first kappa shape index (κ1) is 13.2. The van der Waals surface area contributed by atoms with Gasteiger partial charge in [0.05, 0.1) is 0 Å². The van der Waals surface area contributed by atoms with Gasteiger partial charge in [0.2, 0.25) is 5.91 Å². The molecule has 0 aromatic rings. The Labute approximate surface area is 90.8 Å². The second kappa shape index (κ2) is 6.59. The van der Waals surface area contributed by atoms with E-state index in [1.807, 2.05) is 0 Å². The number of hydrogen-bond acceptors (Lipinski definition) is 2. The molecule has 82 valence electrons. The molecule has 0 aliphatic heterocycles. The van der Waals surface area contributed by atoms with Crippen LogP contribution in [-0.2, 0) is 4.79 Å². The minimum atomic E-state index is -0.299. The average Bonchev–Trinajstić information content (AvgIpc) is 2.13. The largest absolute Gasteiger partial charge is 0.362 e. The van der Waals surface area contributed by atoms with Crippen LogP contribution in [0.1, 0.15) is 20.8 Å². The zero-order valence-corrected chi connectivity index (χ0v) is 9.99. The van der Waals surface area contributed by atoms with E-state index >= 15 is 0 Å². The summed E-state index contributed by atoms with van der Waals surface area (Å²) in [6, 6.07) is -0.299. The molecule has 0 aliphatic rings. The van der Waals surface area contributed by atoms with Crippen LogP contribution in [0, 0.1) is 5.92 Å². The molecule has 0 heterocycles. The van der Waals surface area contributed by atoms with Gasteiger partial charge in [0.1, 0.15) is 6.04 Å². The van der Waals surface area contributed by atoms with Crippen molar-refractivity contribution in [2.24, 2.45) is 5.92 Å². The lowest BCUT2D eigenvalue weighted by molar-refractivity contribution is -0.121. The van der Waals surface area contributed by atoms with Gasteiger partial charge >= 0.3 is 0 Å². The van der Waals surface area contributed by atoms with Crippen molar-refractivity contribution >= 4 is 23.2 Å². The standard InChI is InChI=1S/C9H19N3OS/c1-6(2)5-11-9(14)12-7(3)8(13)10-4/h6-7H,5H2,1-4H3,(H,10,13)(H2,11,12,14). The van der Waals surface area contributed by atoms with E-state index in [1.165, 1.54) is 0 Å². The van der Waals surface area contributed by atoms with Crippen molar-refractivity contribution in [1.82, 2.24) is 16.0 Å². The van der Waals surface area contributed by atoms with Crippen LogP contribution in [0.3, 0.4) is 0 Å². The quantitative estimate of drug-likeness (QED) is 0.591. The molecule has 0 rings (SSSR count). The van der Waals surface area contributed by atoms with Crippen LogP contribution in [0.2, 0.25) is 0 Å². The van der Waals surface area contributed by atoms with E-state index in [2.05, 4.69) is 29.8 Å². The fourth-order valence-corrected chi connectivity index (χ4v) is 1.09. The number of nitrogens with one attached hydrogen (secondary N) is 3. The third-order valence-corrected chi connectivity index (χ3v) is 1.92. The van der Waals surface area contributed by atoms with Gasteiger partial charge in [-0.25, -0.2) is 0 Å². The van der Waals surface area contributed by atoms with E-state index in [4.69, 9.17) is 12.2 Å². The second-order valence-electron chi connectivity index (χ2n) is 3.58. The Morgan fingerprint density at radius 3 is 2.36 bits per heavy atom. The zero-order valence-electron chi connectivity index (χ0n) is 9.18. The molecule has 1 amide bonds. The van der Waals surface area contributed by atoms with Gasteiger partial charge in [0.15, 0.2) is 5.11 Å². The molecule has 3 N–H and O–H groups in total. The van der Waals surface area contributed by atoms with E-state index in [0.717, 1.165) is 6.54 Å². The summed E-state index contributed by atoms with van der Waals surface area (Å²) in [4.78, 5) is 11.1. The first-order valence-electron chi connectivity index (χ1n) is 4.73. The van der Waals surface area contributed by atoms with Crippen molar-refractivity contribution in [2.45, 2.75) is 26.8 Å². The highest BCUT2D eigenvalue weighted by Gasteiger charge is 2.11. The van der Waals surface area contributed by atoms with E-state index < -0.39 is 0 Å². The first-order chi connectivity index (χ1) is 6.47. The lowest BCUT2D eigenvalue weighted by Gasteiger charge is -2.16. The smallest absolute Gasteiger partial charge is 0.242 e. The lowest BCUT2D eigenvalue weighted by atomic mass is 10.2. The van der Waals surface area contributed by atoms with Gasteiger partial charge in [-0.05, 0) is 25.1 Å². The molecule has 0 aromatic carbocycles.